The molecule has 1 unspecified atom stereocenters. The van der Waals surface area contributed by atoms with Crippen LogP contribution < -0.4 is 5.32 Å². The Morgan fingerprint density at radius 2 is 1.95 bits per heavy atom. The monoisotopic (exact) mass is 294 g/mol. The van der Waals surface area contributed by atoms with E-state index in [9.17, 15) is 0 Å². The smallest absolute Gasteiger partial charge is 0.226 e. The molecular weight excluding hydrogens is 264 g/mol. The summed E-state index contributed by atoms with van der Waals surface area (Å²) < 4.78 is 5.46. The minimum atomic E-state index is 0.324. The van der Waals surface area contributed by atoms with Crippen LogP contribution in [-0.2, 0) is 6.42 Å². The fourth-order valence-corrected chi connectivity index (χ4v) is 2.95. The molecule has 2 rings (SSSR count). The van der Waals surface area contributed by atoms with E-state index in [-0.39, 0.29) is 0 Å². The summed E-state index contributed by atoms with van der Waals surface area (Å²) in [6, 6.07) is 0.324. The van der Waals surface area contributed by atoms with Gasteiger partial charge in [-0.05, 0) is 12.8 Å². The van der Waals surface area contributed by atoms with E-state index in [0.717, 1.165) is 63.6 Å². The quantitative estimate of drug-likeness (QED) is 0.710. The lowest BCUT2D eigenvalue weighted by Gasteiger charge is -2.33. The second-order valence-corrected chi connectivity index (χ2v) is 5.95. The second-order valence-electron chi connectivity index (χ2n) is 5.95. The van der Waals surface area contributed by atoms with Gasteiger partial charge in [0.05, 0.1) is 6.04 Å². The Morgan fingerprint density at radius 3 is 2.67 bits per heavy atom. The highest BCUT2D eigenvalue weighted by Crippen LogP contribution is 2.24. The molecule has 0 aromatic carbocycles. The van der Waals surface area contributed by atoms with Gasteiger partial charge < -0.3 is 9.84 Å². The first-order chi connectivity index (χ1) is 10.3. The zero-order valence-electron chi connectivity index (χ0n) is 13.6. The molecule has 1 fully saturated rings. The molecule has 1 aromatic rings. The van der Waals surface area contributed by atoms with Gasteiger partial charge in [0.2, 0.25) is 5.89 Å². The minimum absolute atomic E-state index is 0.324. The van der Waals surface area contributed by atoms with Crippen molar-refractivity contribution in [1.29, 1.82) is 0 Å². The molecule has 21 heavy (non-hydrogen) atoms. The lowest BCUT2D eigenvalue weighted by molar-refractivity contribution is 0.155. The van der Waals surface area contributed by atoms with Crippen molar-refractivity contribution in [3.8, 4) is 0 Å². The van der Waals surface area contributed by atoms with Crippen molar-refractivity contribution < 1.29 is 4.52 Å². The number of nitrogens with zero attached hydrogens (tertiary/aromatic N) is 3. The van der Waals surface area contributed by atoms with Crippen molar-refractivity contribution in [1.82, 2.24) is 20.4 Å². The number of aryl methyl sites for hydroxylation is 1. The molecule has 1 aliphatic rings. The summed E-state index contributed by atoms with van der Waals surface area (Å²) in [6.45, 7) is 8.72. The summed E-state index contributed by atoms with van der Waals surface area (Å²) in [5, 5.41) is 7.66. The van der Waals surface area contributed by atoms with Gasteiger partial charge in [-0.3, -0.25) is 4.90 Å². The van der Waals surface area contributed by atoms with Crippen LogP contribution in [0.5, 0.6) is 0 Å². The fraction of sp³-hybridized carbons (Fsp3) is 0.875. The Morgan fingerprint density at radius 1 is 1.14 bits per heavy atom. The van der Waals surface area contributed by atoms with E-state index in [2.05, 4.69) is 34.2 Å². The highest BCUT2D eigenvalue weighted by Gasteiger charge is 2.25. The standard InChI is InChI=1S/C16H30N4O/c1-3-5-6-7-9-15-18-16(19-21-15)14(8-4-2)20-12-10-17-11-13-20/h14,17H,3-13H2,1-2H3. The first kappa shape index (κ1) is 16.4. The van der Waals surface area contributed by atoms with Crippen LogP contribution in [0.2, 0.25) is 0 Å². The van der Waals surface area contributed by atoms with Gasteiger partial charge in [-0.2, -0.15) is 4.98 Å². The molecule has 0 amide bonds. The van der Waals surface area contributed by atoms with E-state index in [4.69, 9.17) is 4.52 Å². The summed E-state index contributed by atoms with van der Waals surface area (Å²) in [5.74, 6) is 1.71. The molecular formula is C16H30N4O. The molecule has 2 heterocycles. The molecule has 1 N–H and O–H groups in total. The van der Waals surface area contributed by atoms with Crippen LogP contribution in [0.1, 0.15) is 70.1 Å². The maximum Gasteiger partial charge on any atom is 0.226 e. The molecule has 1 aromatic heterocycles. The van der Waals surface area contributed by atoms with Crippen molar-refractivity contribution in [3.05, 3.63) is 11.7 Å². The molecule has 0 radical (unpaired) electrons. The number of piperazine rings is 1. The van der Waals surface area contributed by atoms with Gasteiger partial charge in [0.25, 0.3) is 0 Å². The predicted octanol–water partition coefficient (Wildman–Crippen LogP) is 2.94. The average molecular weight is 294 g/mol. The van der Waals surface area contributed by atoms with Gasteiger partial charge in [0.1, 0.15) is 0 Å². The topological polar surface area (TPSA) is 54.2 Å². The number of aromatic nitrogens is 2. The zero-order chi connectivity index (χ0) is 14.9. The fourth-order valence-electron chi connectivity index (χ4n) is 2.95. The summed E-state index contributed by atoms with van der Waals surface area (Å²) in [5.41, 5.74) is 0. The summed E-state index contributed by atoms with van der Waals surface area (Å²) in [7, 11) is 0. The van der Waals surface area contributed by atoms with E-state index in [1.807, 2.05) is 0 Å². The van der Waals surface area contributed by atoms with Crippen molar-refractivity contribution in [3.63, 3.8) is 0 Å². The Balaban J connectivity index is 1.91. The van der Waals surface area contributed by atoms with Gasteiger partial charge in [-0.25, -0.2) is 0 Å². The van der Waals surface area contributed by atoms with Crippen molar-refractivity contribution in [2.75, 3.05) is 26.2 Å². The normalized spacial score (nSPS) is 18.0. The third-order valence-electron chi connectivity index (χ3n) is 4.18. The minimum Gasteiger partial charge on any atom is -0.339 e. The summed E-state index contributed by atoms with van der Waals surface area (Å²) in [4.78, 5) is 7.15. The SMILES string of the molecule is CCCCCCc1nc(C(CCC)N2CCNCC2)no1. The Hall–Kier alpha value is -0.940. The lowest BCUT2D eigenvalue weighted by atomic mass is 10.1. The molecule has 0 saturated carbocycles. The van der Waals surface area contributed by atoms with E-state index in [1.54, 1.807) is 0 Å². The molecule has 1 saturated heterocycles. The summed E-state index contributed by atoms with van der Waals surface area (Å²) in [6.07, 6.45) is 8.14. The van der Waals surface area contributed by atoms with E-state index in [0.29, 0.717) is 6.04 Å². The highest BCUT2D eigenvalue weighted by atomic mass is 16.5. The Bertz CT molecular complexity index is 387. The van der Waals surface area contributed by atoms with Crippen LogP contribution in [0.3, 0.4) is 0 Å². The molecule has 0 aliphatic carbocycles. The van der Waals surface area contributed by atoms with E-state index in [1.165, 1.54) is 19.3 Å². The number of nitrogens with one attached hydrogen (secondary N) is 1. The van der Waals surface area contributed by atoms with Crippen molar-refractivity contribution >= 4 is 0 Å². The van der Waals surface area contributed by atoms with Crippen LogP contribution in [-0.4, -0.2) is 41.2 Å². The van der Waals surface area contributed by atoms with Crippen LogP contribution in [0.25, 0.3) is 0 Å². The lowest BCUT2D eigenvalue weighted by Crippen LogP contribution is -2.45. The van der Waals surface area contributed by atoms with Gasteiger partial charge in [-0.15, -0.1) is 0 Å². The Labute approximate surface area is 128 Å². The predicted molar refractivity (Wildman–Crippen MR) is 84.2 cm³/mol. The number of unbranched alkanes of at least 4 members (excludes halogenated alkanes) is 3. The number of hydrogen-bond acceptors (Lipinski definition) is 5. The molecule has 120 valence electrons. The van der Waals surface area contributed by atoms with E-state index < -0.39 is 0 Å². The van der Waals surface area contributed by atoms with Crippen LogP contribution >= 0.6 is 0 Å². The number of rotatable bonds is 9. The van der Waals surface area contributed by atoms with Gasteiger partial charge in [-0.1, -0.05) is 44.7 Å². The second kappa shape index (κ2) is 9.15. The molecule has 5 nitrogen and oxygen atoms in total. The third kappa shape index (κ3) is 5.08. The largest absolute Gasteiger partial charge is 0.339 e. The average Bonchev–Trinajstić information content (AvgIpc) is 2.98. The van der Waals surface area contributed by atoms with Gasteiger partial charge in [0, 0.05) is 32.6 Å². The van der Waals surface area contributed by atoms with Crippen LogP contribution in [0.4, 0.5) is 0 Å². The maximum atomic E-state index is 5.46. The van der Waals surface area contributed by atoms with E-state index >= 15 is 0 Å². The number of hydrogen-bond donors (Lipinski definition) is 1. The first-order valence-electron chi connectivity index (χ1n) is 8.62. The maximum absolute atomic E-state index is 5.46. The first-order valence-corrected chi connectivity index (χ1v) is 8.62. The molecule has 0 bridgehead atoms. The van der Waals surface area contributed by atoms with Crippen molar-refractivity contribution in [2.24, 2.45) is 0 Å². The highest BCUT2D eigenvalue weighted by molar-refractivity contribution is 4.96. The molecule has 1 atom stereocenters. The molecule has 1 aliphatic heterocycles. The Kier molecular flexibility index (Phi) is 7.16. The molecule has 0 spiro atoms. The van der Waals surface area contributed by atoms with Gasteiger partial charge in [0.15, 0.2) is 5.82 Å². The zero-order valence-corrected chi connectivity index (χ0v) is 13.6. The summed E-state index contributed by atoms with van der Waals surface area (Å²) >= 11 is 0. The van der Waals surface area contributed by atoms with Gasteiger partial charge >= 0.3 is 0 Å². The molecule has 5 heteroatoms. The van der Waals surface area contributed by atoms with Crippen molar-refractivity contribution in [2.45, 2.75) is 64.8 Å². The van der Waals surface area contributed by atoms with Crippen LogP contribution in [0, 0.1) is 0 Å². The third-order valence-corrected chi connectivity index (χ3v) is 4.18. The van der Waals surface area contributed by atoms with Crippen LogP contribution in [0.15, 0.2) is 4.52 Å².